The molecule has 0 spiro atoms. The summed E-state index contributed by atoms with van der Waals surface area (Å²) < 4.78 is 5.47. The summed E-state index contributed by atoms with van der Waals surface area (Å²) in [4.78, 5) is 19.8. The normalized spacial score (nSPS) is 18.0. The van der Waals surface area contributed by atoms with Gasteiger partial charge >= 0.3 is 6.09 Å². The Morgan fingerprint density at radius 1 is 1.48 bits per heavy atom. The van der Waals surface area contributed by atoms with Crippen LogP contribution in [-0.2, 0) is 11.2 Å². The molecule has 2 heterocycles. The van der Waals surface area contributed by atoms with Crippen molar-refractivity contribution < 1.29 is 9.53 Å². The molecule has 1 aromatic rings. The number of halogens is 1. The number of piperidine rings is 1. The van der Waals surface area contributed by atoms with Gasteiger partial charge < -0.3 is 20.7 Å². The second kappa shape index (κ2) is 11.7. The van der Waals surface area contributed by atoms with E-state index in [-0.39, 0.29) is 30.1 Å². The van der Waals surface area contributed by atoms with E-state index in [9.17, 15) is 4.79 Å². The number of ether oxygens (including phenoxy) is 1. The van der Waals surface area contributed by atoms with Crippen LogP contribution in [0.5, 0.6) is 0 Å². The van der Waals surface area contributed by atoms with Crippen LogP contribution in [0.25, 0.3) is 0 Å². The molecule has 1 aromatic heterocycles. The van der Waals surface area contributed by atoms with E-state index in [0.29, 0.717) is 18.4 Å². The maximum absolute atomic E-state index is 12.2. The minimum absolute atomic E-state index is 0. The molecule has 0 saturated carbocycles. The lowest BCUT2D eigenvalue weighted by molar-refractivity contribution is 0.0163. The third kappa shape index (κ3) is 9.64. The van der Waals surface area contributed by atoms with Gasteiger partial charge in [-0.3, -0.25) is 4.99 Å². The molecule has 1 unspecified atom stereocenters. The zero-order chi connectivity index (χ0) is 19.0. The van der Waals surface area contributed by atoms with Gasteiger partial charge in [-0.15, -0.1) is 35.3 Å². The number of carbonyl (C=O) groups excluding carboxylic acids is 1. The molecule has 8 heteroatoms. The van der Waals surface area contributed by atoms with Gasteiger partial charge in [0.25, 0.3) is 0 Å². The van der Waals surface area contributed by atoms with Crippen LogP contribution < -0.4 is 11.1 Å². The van der Waals surface area contributed by atoms with Crippen LogP contribution in [0, 0.1) is 5.92 Å². The number of aliphatic imine (C=N–C) groups is 1. The van der Waals surface area contributed by atoms with E-state index >= 15 is 0 Å². The van der Waals surface area contributed by atoms with Crippen LogP contribution in [-0.4, -0.2) is 48.7 Å². The largest absolute Gasteiger partial charge is 0.444 e. The van der Waals surface area contributed by atoms with E-state index < -0.39 is 5.60 Å². The Bertz CT molecular complexity index is 587. The molecule has 27 heavy (non-hydrogen) atoms. The summed E-state index contributed by atoms with van der Waals surface area (Å²) in [5.74, 6) is 0.959. The lowest BCUT2D eigenvalue weighted by atomic mass is 9.95. The number of carbonyl (C=O) groups is 1. The van der Waals surface area contributed by atoms with Gasteiger partial charge in [0.2, 0.25) is 0 Å². The van der Waals surface area contributed by atoms with E-state index in [1.54, 1.807) is 11.3 Å². The minimum atomic E-state index is -0.447. The molecule has 1 amide bonds. The van der Waals surface area contributed by atoms with Crippen LogP contribution in [0.3, 0.4) is 0 Å². The van der Waals surface area contributed by atoms with Crippen LogP contribution in [0.2, 0.25) is 0 Å². The number of nitrogens with one attached hydrogen (secondary N) is 1. The summed E-state index contributed by atoms with van der Waals surface area (Å²) in [5.41, 5.74) is 5.48. The van der Waals surface area contributed by atoms with E-state index in [4.69, 9.17) is 10.5 Å². The summed E-state index contributed by atoms with van der Waals surface area (Å²) in [6.45, 7) is 8.70. The molecule has 2 rings (SSSR count). The lowest BCUT2D eigenvalue weighted by Gasteiger charge is -2.34. The van der Waals surface area contributed by atoms with E-state index in [2.05, 4.69) is 27.8 Å². The second-order valence-corrected chi connectivity index (χ2v) is 8.78. The number of guanidine groups is 1. The fourth-order valence-corrected chi connectivity index (χ4v) is 3.69. The molecule has 1 aliphatic heterocycles. The minimum Gasteiger partial charge on any atom is -0.444 e. The van der Waals surface area contributed by atoms with Crippen LogP contribution in [0.4, 0.5) is 4.79 Å². The number of rotatable bonds is 6. The number of amides is 1. The van der Waals surface area contributed by atoms with Gasteiger partial charge in [0.05, 0.1) is 0 Å². The van der Waals surface area contributed by atoms with Crippen molar-refractivity contribution in [1.82, 2.24) is 10.2 Å². The molecule has 1 saturated heterocycles. The first-order valence-electron chi connectivity index (χ1n) is 9.37. The Morgan fingerprint density at radius 3 is 2.93 bits per heavy atom. The van der Waals surface area contributed by atoms with Crippen molar-refractivity contribution in [3.05, 3.63) is 22.4 Å². The molecular weight excluding hydrogens is 475 g/mol. The molecular formula is C19H33IN4O2S. The predicted molar refractivity (Wildman–Crippen MR) is 123 cm³/mol. The number of hydrogen-bond acceptors (Lipinski definition) is 4. The molecule has 3 N–H and O–H groups in total. The number of likely N-dealkylation sites (tertiary alicyclic amines) is 1. The summed E-state index contributed by atoms with van der Waals surface area (Å²) in [6, 6.07) is 4.18. The first-order chi connectivity index (χ1) is 12.3. The number of nitrogens with two attached hydrogens (primary N) is 1. The van der Waals surface area contributed by atoms with E-state index in [0.717, 1.165) is 45.3 Å². The van der Waals surface area contributed by atoms with Crippen molar-refractivity contribution in [2.75, 3.05) is 26.2 Å². The van der Waals surface area contributed by atoms with Crippen molar-refractivity contribution in [2.24, 2.45) is 16.6 Å². The zero-order valence-electron chi connectivity index (χ0n) is 16.6. The summed E-state index contributed by atoms with van der Waals surface area (Å²) in [7, 11) is 0. The van der Waals surface area contributed by atoms with Crippen molar-refractivity contribution in [1.29, 1.82) is 0 Å². The molecule has 0 bridgehead atoms. The van der Waals surface area contributed by atoms with Crippen molar-refractivity contribution in [3.63, 3.8) is 0 Å². The van der Waals surface area contributed by atoms with Gasteiger partial charge in [-0.2, -0.15) is 0 Å². The monoisotopic (exact) mass is 508 g/mol. The zero-order valence-corrected chi connectivity index (χ0v) is 19.7. The predicted octanol–water partition coefficient (Wildman–Crippen LogP) is 3.85. The van der Waals surface area contributed by atoms with Crippen molar-refractivity contribution in [3.8, 4) is 0 Å². The van der Waals surface area contributed by atoms with Crippen LogP contribution >= 0.6 is 35.3 Å². The molecule has 6 nitrogen and oxygen atoms in total. The van der Waals surface area contributed by atoms with Crippen LogP contribution in [0.15, 0.2) is 22.5 Å². The second-order valence-electron chi connectivity index (χ2n) is 7.75. The molecule has 0 aliphatic carbocycles. The third-order valence-corrected chi connectivity index (χ3v) is 5.18. The number of thiophene rings is 1. The summed E-state index contributed by atoms with van der Waals surface area (Å²) >= 11 is 1.75. The Morgan fingerprint density at radius 2 is 2.26 bits per heavy atom. The fraction of sp³-hybridized carbons (Fsp3) is 0.684. The van der Waals surface area contributed by atoms with Crippen molar-refractivity contribution >= 4 is 47.4 Å². The highest BCUT2D eigenvalue weighted by molar-refractivity contribution is 14.0. The van der Waals surface area contributed by atoms with E-state index in [1.165, 1.54) is 4.88 Å². The lowest BCUT2D eigenvalue weighted by Crippen LogP contribution is -2.43. The highest BCUT2D eigenvalue weighted by Gasteiger charge is 2.27. The molecule has 1 aliphatic rings. The molecule has 0 radical (unpaired) electrons. The third-order valence-electron chi connectivity index (χ3n) is 4.25. The van der Waals surface area contributed by atoms with Crippen molar-refractivity contribution in [2.45, 2.75) is 52.1 Å². The molecule has 0 aromatic carbocycles. The van der Waals surface area contributed by atoms with Gasteiger partial charge in [-0.1, -0.05) is 6.07 Å². The Kier molecular flexibility index (Phi) is 10.4. The maximum atomic E-state index is 12.2. The van der Waals surface area contributed by atoms with Gasteiger partial charge in [0.15, 0.2) is 5.96 Å². The van der Waals surface area contributed by atoms with Gasteiger partial charge in [0.1, 0.15) is 5.60 Å². The summed E-state index contributed by atoms with van der Waals surface area (Å²) in [5, 5.41) is 5.24. The topological polar surface area (TPSA) is 80.0 Å². The quantitative estimate of drug-likeness (QED) is 0.348. The first kappa shape index (κ1) is 24.0. The standard InChI is InChI=1S/C19H32N4O2S.HI/c1-19(2,3)25-18(24)23-12-4-6-15(14-23)8-10-21-17(20)22-11-9-16-7-5-13-26-16;/h5,7,13,15H,4,6,8-12,14H2,1-3H3,(H3,20,21,22);1H. The maximum Gasteiger partial charge on any atom is 0.410 e. The Labute approximate surface area is 184 Å². The first-order valence-corrected chi connectivity index (χ1v) is 10.3. The Hall–Kier alpha value is -1.03. The average Bonchev–Trinajstić information content (AvgIpc) is 3.07. The molecule has 1 atom stereocenters. The SMILES string of the molecule is CC(C)(C)OC(=O)N1CCCC(CCN=C(N)NCCc2cccs2)C1.I. The molecule has 154 valence electrons. The smallest absolute Gasteiger partial charge is 0.410 e. The average molecular weight is 508 g/mol. The highest BCUT2D eigenvalue weighted by Crippen LogP contribution is 2.21. The number of nitrogens with zero attached hydrogens (tertiary/aromatic N) is 2. The van der Waals surface area contributed by atoms with Gasteiger partial charge in [-0.05, 0) is 63.8 Å². The fourth-order valence-electron chi connectivity index (χ4n) is 2.99. The van der Waals surface area contributed by atoms with E-state index in [1.807, 2.05) is 25.7 Å². The Balaban J connectivity index is 0.00000364. The summed E-state index contributed by atoms with van der Waals surface area (Å²) in [6.07, 6.45) is 3.83. The van der Waals surface area contributed by atoms with Gasteiger partial charge in [0, 0.05) is 31.1 Å². The van der Waals surface area contributed by atoms with Crippen LogP contribution in [0.1, 0.15) is 44.9 Å². The molecule has 1 fully saturated rings. The number of hydrogen-bond donors (Lipinski definition) is 2. The van der Waals surface area contributed by atoms with Gasteiger partial charge in [-0.25, -0.2) is 4.79 Å². The highest BCUT2D eigenvalue weighted by atomic mass is 127.